The van der Waals surface area contributed by atoms with Gasteiger partial charge in [0, 0.05) is 38.3 Å². The van der Waals surface area contributed by atoms with Crippen LogP contribution in [-0.2, 0) is 11.3 Å². The molecule has 6 heteroatoms. The summed E-state index contributed by atoms with van der Waals surface area (Å²) in [5.41, 5.74) is 0. The molecular formula is C15H26N4O2. The maximum Gasteiger partial charge on any atom is 0.158 e. The van der Waals surface area contributed by atoms with Gasteiger partial charge in [-0.1, -0.05) is 12.8 Å². The first-order chi connectivity index (χ1) is 10.3. The van der Waals surface area contributed by atoms with Crippen LogP contribution in [0.4, 0.5) is 11.6 Å². The molecular weight excluding hydrogens is 268 g/mol. The summed E-state index contributed by atoms with van der Waals surface area (Å²) in [5.74, 6) is 2.55. The van der Waals surface area contributed by atoms with Gasteiger partial charge in [0.05, 0.1) is 0 Å². The average molecular weight is 294 g/mol. The SMILES string of the molecule is CCOCc1nc(NC)cc(NC2CCCCC2CO)n1. The lowest BCUT2D eigenvalue weighted by Gasteiger charge is -2.31. The van der Waals surface area contributed by atoms with Crippen LogP contribution in [0, 0.1) is 5.92 Å². The van der Waals surface area contributed by atoms with E-state index in [2.05, 4.69) is 20.6 Å². The molecule has 21 heavy (non-hydrogen) atoms. The van der Waals surface area contributed by atoms with Gasteiger partial charge in [-0.25, -0.2) is 9.97 Å². The molecule has 2 rings (SSSR count). The van der Waals surface area contributed by atoms with Gasteiger partial charge in [0.1, 0.15) is 18.2 Å². The Labute approximate surface area is 126 Å². The van der Waals surface area contributed by atoms with E-state index in [0.717, 1.165) is 24.5 Å². The number of anilines is 2. The van der Waals surface area contributed by atoms with Gasteiger partial charge in [0.25, 0.3) is 0 Å². The van der Waals surface area contributed by atoms with Crippen molar-refractivity contribution in [2.75, 3.05) is 30.9 Å². The Bertz CT molecular complexity index is 442. The fourth-order valence-corrected chi connectivity index (χ4v) is 2.76. The van der Waals surface area contributed by atoms with Crippen molar-refractivity contribution in [3.8, 4) is 0 Å². The number of nitrogens with one attached hydrogen (secondary N) is 2. The highest BCUT2D eigenvalue weighted by Gasteiger charge is 2.24. The lowest BCUT2D eigenvalue weighted by molar-refractivity contribution is 0.128. The second-order valence-corrected chi connectivity index (χ2v) is 5.42. The van der Waals surface area contributed by atoms with Crippen molar-refractivity contribution in [2.24, 2.45) is 5.92 Å². The monoisotopic (exact) mass is 294 g/mol. The summed E-state index contributed by atoms with van der Waals surface area (Å²) in [6.45, 7) is 3.24. The van der Waals surface area contributed by atoms with E-state index in [1.54, 1.807) is 0 Å². The van der Waals surface area contributed by atoms with Crippen LogP contribution in [0.1, 0.15) is 38.4 Å². The first kappa shape index (κ1) is 16.0. The molecule has 1 aliphatic rings. The molecule has 118 valence electrons. The molecule has 0 radical (unpaired) electrons. The second-order valence-electron chi connectivity index (χ2n) is 5.42. The molecule has 1 heterocycles. The topological polar surface area (TPSA) is 79.3 Å². The molecule has 1 saturated carbocycles. The fraction of sp³-hybridized carbons (Fsp3) is 0.733. The van der Waals surface area contributed by atoms with Crippen molar-refractivity contribution in [3.63, 3.8) is 0 Å². The van der Waals surface area contributed by atoms with Crippen LogP contribution in [0.2, 0.25) is 0 Å². The third-order valence-electron chi connectivity index (χ3n) is 3.94. The van der Waals surface area contributed by atoms with Gasteiger partial charge in [0.2, 0.25) is 0 Å². The molecule has 0 bridgehead atoms. The van der Waals surface area contributed by atoms with E-state index in [1.807, 2.05) is 20.0 Å². The Kier molecular flexibility index (Phi) is 6.20. The van der Waals surface area contributed by atoms with Crippen molar-refractivity contribution in [3.05, 3.63) is 11.9 Å². The lowest BCUT2D eigenvalue weighted by atomic mass is 9.85. The summed E-state index contributed by atoms with van der Waals surface area (Å²) in [4.78, 5) is 8.90. The van der Waals surface area contributed by atoms with E-state index in [4.69, 9.17) is 4.74 Å². The summed E-state index contributed by atoms with van der Waals surface area (Å²) in [7, 11) is 1.84. The molecule has 0 aliphatic heterocycles. The van der Waals surface area contributed by atoms with Crippen LogP contribution in [0.5, 0.6) is 0 Å². The van der Waals surface area contributed by atoms with Gasteiger partial charge >= 0.3 is 0 Å². The zero-order valence-corrected chi connectivity index (χ0v) is 12.9. The third kappa shape index (κ3) is 4.54. The summed E-state index contributed by atoms with van der Waals surface area (Å²) in [5, 5.41) is 16.0. The lowest BCUT2D eigenvalue weighted by Crippen LogP contribution is -2.34. The largest absolute Gasteiger partial charge is 0.396 e. The van der Waals surface area contributed by atoms with Crippen LogP contribution >= 0.6 is 0 Å². The number of nitrogens with zero attached hydrogens (tertiary/aromatic N) is 2. The molecule has 1 fully saturated rings. The number of hydrogen-bond donors (Lipinski definition) is 3. The van der Waals surface area contributed by atoms with Crippen LogP contribution in [0.3, 0.4) is 0 Å². The zero-order valence-electron chi connectivity index (χ0n) is 12.9. The maximum atomic E-state index is 9.51. The van der Waals surface area contributed by atoms with E-state index in [-0.39, 0.29) is 12.6 Å². The predicted octanol–water partition coefficient (Wildman–Crippen LogP) is 2.02. The van der Waals surface area contributed by atoms with E-state index in [0.29, 0.717) is 25.0 Å². The number of aromatic nitrogens is 2. The Morgan fingerprint density at radius 2 is 2.05 bits per heavy atom. The highest BCUT2D eigenvalue weighted by Crippen LogP contribution is 2.27. The first-order valence-corrected chi connectivity index (χ1v) is 7.77. The molecule has 0 amide bonds. The molecule has 2 unspecified atom stereocenters. The van der Waals surface area contributed by atoms with Crippen LogP contribution in [-0.4, -0.2) is 41.4 Å². The second kappa shape index (κ2) is 8.14. The molecule has 6 nitrogen and oxygen atoms in total. The third-order valence-corrected chi connectivity index (χ3v) is 3.94. The number of hydrogen-bond acceptors (Lipinski definition) is 6. The van der Waals surface area contributed by atoms with Crippen molar-refractivity contribution in [1.29, 1.82) is 0 Å². The minimum atomic E-state index is 0.230. The highest BCUT2D eigenvalue weighted by atomic mass is 16.5. The Morgan fingerprint density at radius 1 is 1.29 bits per heavy atom. The summed E-state index contributed by atoms with van der Waals surface area (Å²) >= 11 is 0. The Balaban J connectivity index is 2.10. The molecule has 0 aromatic carbocycles. The Morgan fingerprint density at radius 3 is 2.76 bits per heavy atom. The minimum Gasteiger partial charge on any atom is -0.396 e. The molecule has 3 N–H and O–H groups in total. The van der Waals surface area contributed by atoms with Crippen molar-refractivity contribution >= 4 is 11.6 Å². The van der Waals surface area contributed by atoms with Gasteiger partial charge in [-0.15, -0.1) is 0 Å². The highest BCUT2D eigenvalue weighted by molar-refractivity contribution is 5.47. The summed E-state index contributed by atoms with van der Waals surface area (Å²) < 4.78 is 5.39. The average Bonchev–Trinajstić information content (AvgIpc) is 2.53. The van der Waals surface area contributed by atoms with Gasteiger partial charge in [-0.2, -0.15) is 0 Å². The van der Waals surface area contributed by atoms with E-state index in [1.165, 1.54) is 12.8 Å². The predicted molar refractivity (Wildman–Crippen MR) is 83.4 cm³/mol. The van der Waals surface area contributed by atoms with Crippen molar-refractivity contribution < 1.29 is 9.84 Å². The Hall–Kier alpha value is -1.40. The molecule has 1 aromatic rings. The fourth-order valence-electron chi connectivity index (χ4n) is 2.76. The van der Waals surface area contributed by atoms with Gasteiger partial charge in [0.15, 0.2) is 5.82 Å². The number of rotatable bonds is 7. The van der Waals surface area contributed by atoms with Gasteiger partial charge < -0.3 is 20.5 Å². The standard InChI is InChI=1S/C15H26N4O2/c1-3-21-10-15-18-13(16-2)8-14(19-15)17-12-7-5-4-6-11(12)9-20/h8,11-12,20H,3-7,9-10H2,1-2H3,(H2,16,17,18,19). The quantitative estimate of drug-likeness (QED) is 0.714. The molecule has 0 saturated heterocycles. The van der Waals surface area contributed by atoms with Crippen LogP contribution in [0.15, 0.2) is 6.07 Å². The number of aliphatic hydroxyl groups excluding tert-OH is 1. The summed E-state index contributed by atoms with van der Waals surface area (Å²) in [6.07, 6.45) is 4.54. The number of ether oxygens (including phenoxy) is 1. The minimum absolute atomic E-state index is 0.230. The van der Waals surface area contributed by atoms with Gasteiger partial charge in [-0.3, -0.25) is 0 Å². The maximum absolute atomic E-state index is 9.51. The number of aliphatic hydroxyl groups is 1. The van der Waals surface area contributed by atoms with Gasteiger partial charge in [-0.05, 0) is 19.8 Å². The molecule has 2 atom stereocenters. The van der Waals surface area contributed by atoms with E-state index >= 15 is 0 Å². The van der Waals surface area contributed by atoms with E-state index < -0.39 is 0 Å². The summed E-state index contributed by atoms with van der Waals surface area (Å²) in [6, 6.07) is 2.18. The first-order valence-electron chi connectivity index (χ1n) is 7.77. The van der Waals surface area contributed by atoms with E-state index in [9.17, 15) is 5.11 Å². The smallest absolute Gasteiger partial charge is 0.158 e. The molecule has 1 aromatic heterocycles. The zero-order chi connectivity index (χ0) is 15.1. The van der Waals surface area contributed by atoms with Crippen molar-refractivity contribution in [1.82, 2.24) is 9.97 Å². The molecule has 1 aliphatic carbocycles. The van der Waals surface area contributed by atoms with Crippen LogP contribution < -0.4 is 10.6 Å². The normalized spacial score (nSPS) is 22.0. The van der Waals surface area contributed by atoms with Crippen LogP contribution in [0.25, 0.3) is 0 Å². The van der Waals surface area contributed by atoms with Crippen molar-refractivity contribution in [2.45, 2.75) is 45.3 Å². The molecule has 0 spiro atoms.